The maximum atomic E-state index is 13.5. The van der Waals surface area contributed by atoms with Crippen molar-refractivity contribution in [3.8, 4) is 0 Å². The minimum Gasteiger partial charge on any atom is -0.323 e. The molecule has 0 bridgehead atoms. The zero-order valence-electron chi connectivity index (χ0n) is 10.5. The van der Waals surface area contributed by atoms with E-state index in [0.717, 1.165) is 23.5 Å². The Balaban J connectivity index is 1.71. The average molecular weight is 278 g/mol. The molecule has 104 valence electrons. The number of carbonyl (C=O) groups excluding carboxylic acids is 1. The number of aryl methyl sites for hydroxylation is 1. The maximum absolute atomic E-state index is 13.5. The fraction of sp³-hybridized carbons (Fsp3) is 0.308. The summed E-state index contributed by atoms with van der Waals surface area (Å²) in [7, 11) is 0. The number of aromatic nitrogens is 3. The second-order valence-electron chi connectivity index (χ2n) is 4.77. The molecule has 2 aromatic rings. The van der Waals surface area contributed by atoms with E-state index in [4.69, 9.17) is 0 Å². The number of amides is 1. The molecule has 3 rings (SSSR count). The Hall–Kier alpha value is -2.31. The van der Waals surface area contributed by atoms with Crippen molar-refractivity contribution in [3.63, 3.8) is 0 Å². The van der Waals surface area contributed by atoms with Crippen LogP contribution in [0.1, 0.15) is 17.8 Å². The van der Waals surface area contributed by atoms with Gasteiger partial charge in [0.1, 0.15) is 11.6 Å². The number of aromatic amines is 1. The van der Waals surface area contributed by atoms with Gasteiger partial charge in [-0.2, -0.15) is 15.4 Å². The molecule has 1 aromatic heterocycles. The molecule has 0 saturated heterocycles. The smallest absolute Gasteiger partial charge is 0.227 e. The molecular weight excluding hydrogens is 266 g/mol. The van der Waals surface area contributed by atoms with E-state index in [1.807, 2.05) is 0 Å². The fourth-order valence-corrected chi connectivity index (χ4v) is 2.33. The lowest BCUT2D eigenvalue weighted by molar-refractivity contribution is -0.120. The van der Waals surface area contributed by atoms with Crippen LogP contribution in [0.2, 0.25) is 0 Å². The first-order valence-corrected chi connectivity index (χ1v) is 6.28. The number of carbonyl (C=O) groups is 1. The Bertz CT molecular complexity index is 656. The quantitative estimate of drug-likeness (QED) is 0.880. The van der Waals surface area contributed by atoms with Gasteiger partial charge in [0.2, 0.25) is 5.91 Å². The average Bonchev–Trinajstić information content (AvgIpc) is 2.89. The van der Waals surface area contributed by atoms with Crippen LogP contribution in [0, 0.1) is 17.6 Å². The van der Waals surface area contributed by atoms with E-state index in [2.05, 4.69) is 20.7 Å². The minimum absolute atomic E-state index is 0.0117. The third-order valence-electron chi connectivity index (χ3n) is 3.43. The van der Waals surface area contributed by atoms with Crippen molar-refractivity contribution in [2.24, 2.45) is 5.92 Å². The Morgan fingerprint density at radius 1 is 1.30 bits per heavy atom. The zero-order valence-corrected chi connectivity index (χ0v) is 10.5. The Morgan fingerprint density at radius 3 is 2.90 bits per heavy atom. The van der Waals surface area contributed by atoms with E-state index in [1.165, 1.54) is 6.07 Å². The van der Waals surface area contributed by atoms with E-state index < -0.39 is 11.6 Å². The summed E-state index contributed by atoms with van der Waals surface area (Å²) in [5.41, 5.74) is 1.64. The molecule has 1 aliphatic rings. The van der Waals surface area contributed by atoms with Crippen molar-refractivity contribution in [2.75, 3.05) is 5.32 Å². The molecule has 7 heteroatoms. The maximum Gasteiger partial charge on any atom is 0.227 e. The van der Waals surface area contributed by atoms with Crippen molar-refractivity contribution in [2.45, 2.75) is 19.3 Å². The number of halogens is 2. The van der Waals surface area contributed by atoms with E-state index >= 15 is 0 Å². The summed E-state index contributed by atoms with van der Waals surface area (Å²) in [5, 5.41) is 13.0. The number of hydrogen-bond donors (Lipinski definition) is 2. The van der Waals surface area contributed by atoms with Gasteiger partial charge in [0, 0.05) is 18.4 Å². The van der Waals surface area contributed by atoms with Crippen LogP contribution in [0.5, 0.6) is 0 Å². The summed E-state index contributed by atoms with van der Waals surface area (Å²) in [5.74, 6) is -2.03. The van der Waals surface area contributed by atoms with Gasteiger partial charge in [0.05, 0.1) is 17.1 Å². The molecule has 1 aromatic carbocycles. The SMILES string of the molecule is O=C(Nc1ccc(F)cc1F)C1CCc2n[nH]nc2C1. The molecule has 5 nitrogen and oxygen atoms in total. The van der Waals surface area contributed by atoms with Crippen LogP contribution in [-0.4, -0.2) is 21.3 Å². The van der Waals surface area contributed by atoms with Crippen LogP contribution in [0.15, 0.2) is 18.2 Å². The predicted octanol–water partition coefficient (Wildman–Crippen LogP) is 1.83. The van der Waals surface area contributed by atoms with Gasteiger partial charge < -0.3 is 5.32 Å². The van der Waals surface area contributed by atoms with Crippen LogP contribution < -0.4 is 5.32 Å². The lowest BCUT2D eigenvalue weighted by Gasteiger charge is -2.19. The molecule has 20 heavy (non-hydrogen) atoms. The first kappa shape index (κ1) is 12.7. The number of anilines is 1. The van der Waals surface area contributed by atoms with Gasteiger partial charge >= 0.3 is 0 Å². The normalized spacial score (nSPS) is 17.6. The van der Waals surface area contributed by atoms with Crippen LogP contribution in [0.3, 0.4) is 0 Å². The Morgan fingerprint density at radius 2 is 2.10 bits per heavy atom. The van der Waals surface area contributed by atoms with Gasteiger partial charge in [-0.1, -0.05) is 0 Å². The summed E-state index contributed by atoms with van der Waals surface area (Å²) in [4.78, 5) is 12.1. The molecular formula is C13H12F2N4O. The number of nitrogens with zero attached hydrogens (tertiary/aromatic N) is 2. The van der Waals surface area contributed by atoms with Gasteiger partial charge in [0.25, 0.3) is 0 Å². The topological polar surface area (TPSA) is 70.7 Å². The van der Waals surface area contributed by atoms with Gasteiger partial charge in [-0.3, -0.25) is 4.79 Å². The largest absolute Gasteiger partial charge is 0.323 e. The first-order valence-electron chi connectivity index (χ1n) is 6.28. The third-order valence-corrected chi connectivity index (χ3v) is 3.43. The molecule has 0 radical (unpaired) electrons. The lowest BCUT2D eigenvalue weighted by Crippen LogP contribution is -2.28. The van der Waals surface area contributed by atoms with E-state index in [1.54, 1.807) is 0 Å². The summed E-state index contributed by atoms with van der Waals surface area (Å²) >= 11 is 0. The molecule has 1 amide bonds. The number of nitrogens with one attached hydrogen (secondary N) is 2. The van der Waals surface area contributed by atoms with Crippen molar-refractivity contribution in [3.05, 3.63) is 41.2 Å². The van der Waals surface area contributed by atoms with Gasteiger partial charge in [-0.05, 0) is 25.0 Å². The molecule has 2 N–H and O–H groups in total. The molecule has 0 aliphatic heterocycles. The first-order chi connectivity index (χ1) is 9.63. The van der Waals surface area contributed by atoms with Crippen LogP contribution in [0.4, 0.5) is 14.5 Å². The van der Waals surface area contributed by atoms with Gasteiger partial charge in [-0.25, -0.2) is 8.78 Å². The van der Waals surface area contributed by atoms with Crippen molar-refractivity contribution in [1.29, 1.82) is 0 Å². The molecule has 1 unspecified atom stereocenters. The third kappa shape index (κ3) is 2.38. The summed E-state index contributed by atoms with van der Waals surface area (Å²) in [6, 6.07) is 3.06. The van der Waals surface area contributed by atoms with Crippen molar-refractivity contribution < 1.29 is 13.6 Å². The molecule has 0 saturated carbocycles. The predicted molar refractivity (Wildman–Crippen MR) is 66.9 cm³/mol. The monoisotopic (exact) mass is 278 g/mol. The second kappa shape index (κ2) is 4.99. The highest BCUT2D eigenvalue weighted by atomic mass is 19.1. The number of benzene rings is 1. The zero-order chi connectivity index (χ0) is 14.1. The van der Waals surface area contributed by atoms with Gasteiger partial charge in [0.15, 0.2) is 0 Å². The highest BCUT2D eigenvalue weighted by Gasteiger charge is 2.27. The Kier molecular flexibility index (Phi) is 3.17. The minimum atomic E-state index is -0.781. The number of H-pyrrole nitrogens is 1. The lowest BCUT2D eigenvalue weighted by atomic mass is 9.89. The number of rotatable bonds is 2. The molecule has 1 aliphatic carbocycles. The molecule has 0 fully saturated rings. The summed E-state index contributed by atoms with van der Waals surface area (Å²) < 4.78 is 26.3. The molecule has 0 spiro atoms. The molecule has 1 atom stereocenters. The highest BCUT2D eigenvalue weighted by Crippen LogP contribution is 2.24. The fourth-order valence-electron chi connectivity index (χ4n) is 2.33. The van der Waals surface area contributed by atoms with Crippen LogP contribution >= 0.6 is 0 Å². The highest BCUT2D eigenvalue weighted by molar-refractivity contribution is 5.92. The van der Waals surface area contributed by atoms with E-state index in [0.29, 0.717) is 19.3 Å². The number of hydrogen-bond acceptors (Lipinski definition) is 3. The summed E-state index contributed by atoms with van der Waals surface area (Å²) in [6.45, 7) is 0. The summed E-state index contributed by atoms with van der Waals surface area (Å²) in [6.07, 6.45) is 1.77. The van der Waals surface area contributed by atoms with Crippen molar-refractivity contribution in [1.82, 2.24) is 15.4 Å². The van der Waals surface area contributed by atoms with Crippen LogP contribution in [-0.2, 0) is 17.6 Å². The molecule has 1 heterocycles. The van der Waals surface area contributed by atoms with E-state index in [-0.39, 0.29) is 17.5 Å². The Labute approximate surface area is 113 Å². The second-order valence-corrected chi connectivity index (χ2v) is 4.77. The number of fused-ring (bicyclic) bond motifs is 1. The standard InChI is InChI=1S/C13H12F2N4O/c14-8-2-4-10(9(15)6-8)16-13(20)7-1-3-11-12(5-7)18-19-17-11/h2,4,6-7H,1,3,5H2,(H,16,20)(H,17,18,19). The van der Waals surface area contributed by atoms with Gasteiger partial charge in [-0.15, -0.1) is 0 Å². The van der Waals surface area contributed by atoms with Crippen molar-refractivity contribution >= 4 is 11.6 Å². The van der Waals surface area contributed by atoms with Crippen LogP contribution in [0.25, 0.3) is 0 Å². The van der Waals surface area contributed by atoms with E-state index in [9.17, 15) is 13.6 Å².